The van der Waals surface area contributed by atoms with Gasteiger partial charge in [-0.1, -0.05) is 6.92 Å². The molecule has 1 rings (SSSR count). The molecule has 2 atom stereocenters. The van der Waals surface area contributed by atoms with Gasteiger partial charge in [0.05, 0.1) is 7.11 Å². The summed E-state index contributed by atoms with van der Waals surface area (Å²) < 4.78 is 4.74. The average Bonchev–Trinajstić information content (AvgIpc) is 3.07. The summed E-state index contributed by atoms with van der Waals surface area (Å²) in [7, 11) is 1.39. The summed E-state index contributed by atoms with van der Waals surface area (Å²) in [4.78, 5) is 14.0. The van der Waals surface area contributed by atoms with E-state index in [1.165, 1.54) is 20.0 Å². The van der Waals surface area contributed by atoms with Gasteiger partial charge in [-0.3, -0.25) is 4.79 Å². The van der Waals surface area contributed by atoms with Crippen molar-refractivity contribution < 1.29 is 9.53 Å². The Hall–Kier alpha value is -0.610. The van der Waals surface area contributed by atoms with E-state index in [0.29, 0.717) is 12.5 Å². The number of esters is 1. The summed E-state index contributed by atoms with van der Waals surface area (Å²) in [6.07, 6.45) is 3.33. The first kappa shape index (κ1) is 14.5. The molecular formula is C13H26N2O2. The number of rotatable bonds is 7. The van der Waals surface area contributed by atoms with Crippen LogP contribution in [0.4, 0.5) is 0 Å². The third-order valence-corrected chi connectivity index (χ3v) is 3.59. The second-order valence-corrected chi connectivity index (χ2v) is 5.49. The van der Waals surface area contributed by atoms with Crippen LogP contribution < -0.4 is 5.73 Å². The maximum absolute atomic E-state index is 11.5. The van der Waals surface area contributed by atoms with Gasteiger partial charge in [-0.2, -0.15) is 0 Å². The van der Waals surface area contributed by atoms with Crippen LogP contribution in [0.2, 0.25) is 0 Å². The number of methoxy groups -OCH3 is 1. The second kappa shape index (κ2) is 5.83. The fourth-order valence-electron chi connectivity index (χ4n) is 2.31. The van der Waals surface area contributed by atoms with E-state index in [1.807, 2.05) is 0 Å². The van der Waals surface area contributed by atoms with E-state index in [9.17, 15) is 4.79 Å². The molecule has 4 nitrogen and oxygen atoms in total. The highest BCUT2D eigenvalue weighted by atomic mass is 16.5. The summed E-state index contributed by atoms with van der Waals surface area (Å²) in [5.74, 6) is 0.534. The number of carbonyl (C=O) groups is 1. The first-order chi connectivity index (χ1) is 7.90. The van der Waals surface area contributed by atoms with Gasteiger partial charge in [-0.25, -0.2) is 0 Å². The number of nitrogens with zero attached hydrogens (tertiary/aromatic N) is 1. The van der Waals surface area contributed by atoms with Crippen LogP contribution in [0.15, 0.2) is 0 Å². The molecular weight excluding hydrogens is 216 g/mol. The smallest absolute Gasteiger partial charge is 0.325 e. The van der Waals surface area contributed by atoms with Crippen molar-refractivity contribution in [1.82, 2.24) is 4.90 Å². The molecule has 0 amide bonds. The minimum atomic E-state index is -0.884. The zero-order valence-corrected chi connectivity index (χ0v) is 11.5. The Morgan fingerprint density at radius 1 is 1.59 bits per heavy atom. The van der Waals surface area contributed by atoms with Gasteiger partial charge in [-0.05, 0) is 45.6 Å². The normalized spacial score (nSPS) is 21.1. The van der Waals surface area contributed by atoms with Gasteiger partial charge >= 0.3 is 5.97 Å². The zero-order chi connectivity index (χ0) is 13.1. The van der Waals surface area contributed by atoms with Crippen LogP contribution in [0.3, 0.4) is 0 Å². The van der Waals surface area contributed by atoms with E-state index in [0.717, 1.165) is 19.0 Å². The number of carbonyl (C=O) groups excluding carboxylic acids is 1. The van der Waals surface area contributed by atoms with E-state index < -0.39 is 5.54 Å². The van der Waals surface area contributed by atoms with E-state index in [-0.39, 0.29) is 5.97 Å². The summed E-state index contributed by atoms with van der Waals surface area (Å²) in [6.45, 7) is 8.19. The van der Waals surface area contributed by atoms with Crippen LogP contribution in [0, 0.1) is 5.92 Å². The number of hydrogen-bond acceptors (Lipinski definition) is 4. The molecule has 2 unspecified atom stereocenters. The van der Waals surface area contributed by atoms with Crippen LogP contribution in [0.25, 0.3) is 0 Å². The summed E-state index contributed by atoms with van der Waals surface area (Å²) in [5.41, 5.74) is 5.13. The highest BCUT2D eigenvalue weighted by Crippen LogP contribution is 2.30. The SMILES string of the molecule is CCN(CC1CC1)C(C)CC(C)(N)C(=O)OC. The van der Waals surface area contributed by atoms with Gasteiger partial charge in [0.15, 0.2) is 0 Å². The van der Waals surface area contributed by atoms with E-state index in [1.54, 1.807) is 6.92 Å². The molecule has 4 heteroatoms. The number of hydrogen-bond donors (Lipinski definition) is 1. The maximum Gasteiger partial charge on any atom is 0.325 e. The third-order valence-electron chi connectivity index (χ3n) is 3.59. The topological polar surface area (TPSA) is 55.6 Å². The molecule has 1 fully saturated rings. The van der Waals surface area contributed by atoms with Gasteiger partial charge in [0.1, 0.15) is 5.54 Å². The van der Waals surface area contributed by atoms with Crippen molar-refractivity contribution in [1.29, 1.82) is 0 Å². The van der Waals surface area contributed by atoms with Gasteiger partial charge in [0.2, 0.25) is 0 Å². The van der Waals surface area contributed by atoms with Crippen LogP contribution in [0.5, 0.6) is 0 Å². The Bertz CT molecular complexity index is 262. The van der Waals surface area contributed by atoms with Crippen LogP contribution in [-0.2, 0) is 9.53 Å². The lowest BCUT2D eigenvalue weighted by molar-refractivity contribution is -0.147. The minimum absolute atomic E-state index is 0.315. The number of nitrogens with two attached hydrogens (primary N) is 1. The molecule has 0 aromatic carbocycles. The van der Waals surface area contributed by atoms with E-state index in [4.69, 9.17) is 10.5 Å². The molecule has 1 aliphatic rings. The Kier molecular flexibility index (Phi) is 4.95. The molecule has 17 heavy (non-hydrogen) atoms. The van der Waals surface area contributed by atoms with Crippen LogP contribution in [-0.4, -0.2) is 42.6 Å². The average molecular weight is 242 g/mol. The molecule has 0 aromatic rings. The summed E-state index contributed by atoms with van der Waals surface area (Å²) in [5, 5.41) is 0. The van der Waals surface area contributed by atoms with Crippen LogP contribution >= 0.6 is 0 Å². The second-order valence-electron chi connectivity index (χ2n) is 5.49. The predicted octanol–water partition coefficient (Wildman–Crippen LogP) is 1.39. The largest absolute Gasteiger partial charge is 0.468 e. The molecule has 1 aliphatic carbocycles. The third kappa shape index (κ3) is 4.28. The summed E-state index contributed by atoms with van der Waals surface area (Å²) in [6, 6.07) is 0.315. The molecule has 100 valence electrons. The first-order valence-corrected chi connectivity index (χ1v) is 6.52. The molecule has 2 N–H and O–H groups in total. The molecule has 0 saturated heterocycles. The number of ether oxygens (including phenoxy) is 1. The zero-order valence-electron chi connectivity index (χ0n) is 11.5. The maximum atomic E-state index is 11.5. The van der Waals surface area contributed by atoms with Crippen molar-refractivity contribution in [3.8, 4) is 0 Å². The molecule has 0 heterocycles. The van der Waals surface area contributed by atoms with Crippen molar-refractivity contribution in [2.24, 2.45) is 11.7 Å². The molecule has 0 aromatic heterocycles. The Morgan fingerprint density at radius 3 is 2.59 bits per heavy atom. The molecule has 0 bridgehead atoms. The van der Waals surface area contributed by atoms with Crippen molar-refractivity contribution in [3.63, 3.8) is 0 Å². The van der Waals surface area contributed by atoms with Crippen LogP contribution in [0.1, 0.15) is 40.0 Å². The highest BCUT2D eigenvalue weighted by molar-refractivity contribution is 5.79. The van der Waals surface area contributed by atoms with Gasteiger partial charge in [0.25, 0.3) is 0 Å². The minimum Gasteiger partial charge on any atom is -0.468 e. The van der Waals surface area contributed by atoms with Crippen molar-refractivity contribution in [3.05, 3.63) is 0 Å². The monoisotopic (exact) mass is 242 g/mol. The Morgan fingerprint density at radius 2 is 2.18 bits per heavy atom. The van der Waals surface area contributed by atoms with Crippen molar-refractivity contribution in [2.75, 3.05) is 20.2 Å². The molecule has 0 spiro atoms. The molecule has 0 radical (unpaired) electrons. The lowest BCUT2D eigenvalue weighted by atomic mass is 9.94. The van der Waals surface area contributed by atoms with Crippen molar-refractivity contribution >= 4 is 5.97 Å². The predicted molar refractivity (Wildman–Crippen MR) is 68.7 cm³/mol. The lowest BCUT2D eigenvalue weighted by Crippen LogP contribution is -2.51. The quantitative estimate of drug-likeness (QED) is 0.685. The van der Waals surface area contributed by atoms with E-state index >= 15 is 0 Å². The molecule has 1 saturated carbocycles. The standard InChI is InChI=1S/C13H26N2O2/c1-5-15(9-11-6-7-11)10(2)8-13(3,14)12(16)17-4/h10-11H,5-9,14H2,1-4H3. The summed E-state index contributed by atoms with van der Waals surface area (Å²) >= 11 is 0. The Labute approximate surface area is 104 Å². The van der Waals surface area contributed by atoms with Gasteiger partial charge in [-0.15, -0.1) is 0 Å². The molecule has 0 aliphatic heterocycles. The van der Waals surface area contributed by atoms with Gasteiger partial charge in [0, 0.05) is 12.6 Å². The highest BCUT2D eigenvalue weighted by Gasteiger charge is 2.34. The Balaban J connectivity index is 2.49. The fraction of sp³-hybridized carbons (Fsp3) is 0.923. The van der Waals surface area contributed by atoms with Gasteiger partial charge < -0.3 is 15.4 Å². The van der Waals surface area contributed by atoms with Crippen molar-refractivity contribution in [2.45, 2.75) is 51.6 Å². The first-order valence-electron chi connectivity index (χ1n) is 6.52. The van der Waals surface area contributed by atoms with E-state index in [2.05, 4.69) is 18.7 Å². The lowest BCUT2D eigenvalue weighted by Gasteiger charge is -2.33. The fourth-order valence-corrected chi connectivity index (χ4v) is 2.31.